The van der Waals surface area contributed by atoms with Crippen LogP contribution in [-0.2, 0) is 14.3 Å². The van der Waals surface area contributed by atoms with E-state index in [2.05, 4.69) is 10.6 Å². The maximum absolute atomic E-state index is 11.4. The minimum Gasteiger partial charge on any atom is -0.370 e. The molecule has 0 aliphatic heterocycles. The van der Waals surface area contributed by atoms with Gasteiger partial charge in [-0.2, -0.15) is 0 Å². The van der Waals surface area contributed by atoms with E-state index in [1.54, 1.807) is 6.92 Å². The van der Waals surface area contributed by atoms with Gasteiger partial charge in [-0.05, 0) is 13.3 Å². The molecule has 94 valence electrons. The molecule has 0 aromatic rings. The standard InChI is InChI=1S/C10H21N3O3/c1-3-4-13-10(15)8(2)12-5-6-16-7-9(11)14/h8,12H,3-7H2,1-2H3,(H2,11,14)(H,13,15). The Morgan fingerprint density at radius 3 is 2.62 bits per heavy atom. The number of hydrogen-bond acceptors (Lipinski definition) is 4. The van der Waals surface area contributed by atoms with Gasteiger partial charge < -0.3 is 21.1 Å². The first kappa shape index (κ1) is 14.9. The number of ether oxygens (including phenoxy) is 1. The summed E-state index contributed by atoms with van der Waals surface area (Å²) in [6, 6.07) is -0.260. The highest BCUT2D eigenvalue weighted by Gasteiger charge is 2.10. The number of carbonyl (C=O) groups is 2. The van der Waals surface area contributed by atoms with Crippen molar-refractivity contribution in [3.63, 3.8) is 0 Å². The second kappa shape index (κ2) is 9.11. The van der Waals surface area contributed by atoms with Gasteiger partial charge in [0.05, 0.1) is 12.6 Å². The maximum Gasteiger partial charge on any atom is 0.243 e. The smallest absolute Gasteiger partial charge is 0.243 e. The topological polar surface area (TPSA) is 93.4 Å². The lowest BCUT2D eigenvalue weighted by Crippen LogP contribution is -2.43. The van der Waals surface area contributed by atoms with Gasteiger partial charge in [0.2, 0.25) is 11.8 Å². The zero-order valence-corrected chi connectivity index (χ0v) is 9.91. The Morgan fingerprint density at radius 2 is 2.06 bits per heavy atom. The van der Waals surface area contributed by atoms with Crippen LogP contribution in [0.1, 0.15) is 20.3 Å². The first-order valence-corrected chi connectivity index (χ1v) is 5.45. The minimum absolute atomic E-state index is 0.0308. The van der Waals surface area contributed by atoms with Crippen LogP contribution in [0.2, 0.25) is 0 Å². The van der Waals surface area contributed by atoms with Crippen molar-refractivity contribution >= 4 is 11.8 Å². The average molecular weight is 231 g/mol. The molecule has 2 amide bonds. The highest BCUT2D eigenvalue weighted by molar-refractivity contribution is 5.81. The second-order valence-electron chi connectivity index (χ2n) is 3.49. The molecule has 0 spiro atoms. The molecule has 0 aliphatic rings. The Labute approximate surface area is 95.9 Å². The Morgan fingerprint density at radius 1 is 1.38 bits per heavy atom. The second-order valence-corrected chi connectivity index (χ2v) is 3.49. The molecule has 0 aromatic carbocycles. The van der Waals surface area contributed by atoms with E-state index in [-0.39, 0.29) is 18.6 Å². The molecule has 0 saturated heterocycles. The van der Waals surface area contributed by atoms with Gasteiger partial charge in [-0.1, -0.05) is 6.92 Å². The largest absolute Gasteiger partial charge is 0.370 e. The van der Waals surface area contributed by atoms with E-state index >= 15 is 0 Å². The van der Waals surface area contributed by atoms with Gasteiger partial charge in [-0.15, -0.1) is 0 Å². The van der Waals surface area contributed by atoms with E-state index in [0.717, 1.165) is 6.42 Å². The molecule has 16 heavy (non-hydrogen) atoms. The zero-order chi connectivity index (χ0) is 12.4. The first-order chi connectivity index (χ1) is 7.57. The van der Waals surface area contributed by atoms with Crippen LogP contribution in [-0.4, -0.2) is 44.2 Å². The van der Waals surface area contributed by atoms with Crippen LogP contribution >= 0.6 is 0 Å². The van der Waals surface area contributed by atoms with Crippen molar-refractivity contribution in [3.05, 3.63) is 0 Å². The highest BCUT2D eigenvalue weighted by Crippen LogP contribution is 1.83. The third-order valence-corrected chi connectivity index (χ3v) is 1.88. The number of rotatable bonds is 9. The van der Waals surface area contributed by atoms with Gasteiger partial charge in [0.25, 0.3) is 0 Å². The zero-order valence-electron chi connectivity index (χ0n) is 9.91. The molecule has 0 rings (SSSR count). The molecule has 4 N–H and O–H groups in total. The van der Waals surface area contributed by atoms with Crippen LogP contribution < -0.4 is 16.4 Å². The predicted molar refractivity (Wildman–Crippen MR) is 60.8 cm³/mol. The highest BCUT2D eigenvalue weighted by atomic mass is 16.5. The van der Waals surface area contributed by atoms with Crippen molar-refractivity contribution in [2.24, 2.45) is 5.73 Å². The lowest BCUT2D eigenvalue weighted by Gasteiger charge is -2.13. The number of primary amides is 1. The summed E-state index contributed by atoms with van der Waals surface area (Å²) in [6.07, 6.45) is 0.917. The van der Waals surface area contributed by atoms with Gasteiger partial charge in [-0.25, -0.2) is 0 Å². The predicted octanol–water partition coefficient (Wildman–Crippen LogP) is -1.01. The van der Waals surface area contributed by atoms with E-state index in [9.17, 15) is 9.59 Å². The number of nitrogens with one attached hydrogen (secondary N) is 2. The molecular formula is C10H21N3O3. The van der Waals surface area contributed by atoms with E-state index in [1.807, 2.05) is 6.92 Å². The fraction of sp³-hybridized carbons (Fsp3) is 0.800. The molecule has 0 aromatic heterocycles. The number of amides is 2. The van der Waals surface area contributed by atoms with Crippen molar-refractivity contribution in [2.45, 2.75) is 26.3 Å². The lowest BCUT2D eigenvalue weighted by atomic mass is 10.3. The fourth-order valence-electron chi connectivity index (χ4n) is 1.01. The molecule has 0 radical (unpaired) electrons. The molecular weight excluding hydrogens is 210 g/mol. The summed E-state index contributed by atoms with van der Waals surface area (Å²) in [7, 11) is 0. The molecule has 0 bridgehead atoms. The molecule has 6 nitrogen and oxygen atoms in total. The summed E-state index contributed by atoms with van der Waals surface area (Å²) in [6.45, 7) is 5.23. The van der Waals surface area contributed by atoms with Crippen LogP contribution in [0.4, 0.5) is 0 Å². The SMILES string of the molecule is CCCNC(=O)C(C)NCCOCC(N)=O. The molecule has 1 atom stereocenters. The maximum atomic E-state index is 11.4. The summed E-state index contributed by atoms with van der Waals surface area (Å²) in [4.78, 5) is 21.7. The summed E-state index contributed by atoms with van der Waals surface area (Å²) in [5.41, 5.74) is 4.89. The number of carbonyl (C=O) groups excluding carboxylic acids is 2. The minimum atomic E-state index is -0.492. The fourth-order valence-corrected chi connectivity index (χ4v) is 1.01. The first-order valence-electron chi connectivity index (χ1n) is 5.45. The van der Waals surface area contributed by atoms with Crippen LogP contribution in [0.15, 0.2) is 0 Å². The van der Waals surface area contributed by atoms with Crippen LogP contribution in [0.25, 0.3) is 0 Å². The van der Waals surface area contributed by atoms with Crippen molar-refractivity contribution in [2.75, 3.05) is 26.3 Å². The van der Waals surface area contributed by atoms with Gasteiger partial charge in [0.15, 0.2) is 0 Å². The van der Waals surface area contributed by atoms with E-state index in [0.29, 0.717) is 19.7 Å². The molecule has 0 saturated carbocycles. The van der Waals surface area contributed by atoms with Crippen LogP contribution in [0.3, 0.4) is 0 Å². The Bertz CT molecular complexity index is 221. The average Bonchev–Trinajstić information content (AvgIpc) is 2.24. The lowest BCUT2D eigenvalue weighted by molar-refractivity contribution is -0.124. The Balaban J connectivity index is 3.45. The molecule has 0 heterocycles. The van der Waals surface area contributed by atoms with Crippen molar-refractivity contribution in [1.29, 1.82) is 0 Å². The van der Waals surface area contributed by atoms with E-state index in [4.69, 9.17) is 10.5 Å². The Hall–Kier alpha value is -1.14. The molecule has 6 heteroatoms. The summed E-state index contributed by atoms with van der Waals surface area (Å²) in [5.74, 6) is -0.523. The van der Waals surface area contributed by atoms with Gasteiger partial charge in [0, 0.05) is 13.1 Å². The van der Waals surface area contributed by atoms with Crippen molar-refractivity contribution in [3.8, 4) is 0 Å². The number of hydrogen-bond donors (Lipinski definition) is 3. The Kier molecular flexibility index (Phi) is 8.46. The third kappa shape index (κ3) is 8.19. The monoisotopic (exact) mass is 231 g/mol. The quantitative estimate of drug-likeness (QED) is 0.443. The number of nitrogens with two attached hydrogens (primary N) is 1. The van der Waals surface area contributed by atoms with Gasteiger partial charge >= 0.3 is 0 Å². The molecule has 0 fully saturated rings. The van der Waals surface area contributed by atoms with Crippen molar-refractivity contribution in [1.82, 2.24) is 10.6 Å². The van der Waals surface area contributed by atoms with Crippen molar-refractivity contribution < 1.29 is 14.3 Å². The van der Waals surface area contributed by atoms with Crippen LogP contribution in [0, 0.1) is 0 Å². The van der Waals surface area contributed by atoms with Gasteiger partial charge in [0.1, 0.15) is 6.61 Å². The third-order valence-electron chi connectivity index (χ3n) is 1.88. The van der Waals surface area contributed by atoms with Crippen LogP contribution in [0.5, 0.6) is 0 Å². The summed E-state index contributed by atoms with van der Waals surface area (Å²) in [5, 5.41) is 5.75. The van der Waals surface area contributed by atoms with Gasteiger partial charge in [-0.3, -0.25) is 9.59 Å². The normalized spacial score (nSPS) is 12.1. The van der Waals surface area contributed by atoms with E-state index < -0.39 is 5.91 Å². The van der Waals surface area contributed by atoms with E-state index in [1.165, 1.54) is 0 Å². The summed E-state index contributed by atoms with van der Waals surface area (Å²) >= 11 is 0. The summed E-state index contributed by atoms with van der Waals surface area (Å²) < 4.78 is 4.94. The molecule has 0 aliphatic carbocycles. The molecule has 1 unspecified atom stereocenters.